The summed E-state index contributed by atoms with van der Waals surface area (Å²) in [5.41, 5.74) is 0. The molecule has 32 heavy (non-hydrogen) atoms. The predicted octanol–water partition coefficient (Wildman–Crippen LogP) is 1.59. The first-order valence-corrected chi connectivity index (χ1v) is 11.8. The van der Waals surface area contributed by atoms with Crippen molar-refractivity contribution in [2.24, 2.45) is 11.8 Å². The summed E-state index contributed by atoms with van der Waals surface area (Å²) in [4.78, 5) is 15.0. The summed E-state index contributed by atoms with van der Waals surface area (Å²) in [6.07, 6.45) is 3.62. The Hall–Kier alpha value is -1.23. The number of carbonyl (C=O) groups is 1. The van der Waals surface area contributed by atoms with Crippen LogP contribution in [0.25, 0.3) is 0 Å². The first-order chi connectivity index (χ1) is 15.6. The maximum atomic E-state index is 13.3. The third-order valence-electron chi connectivity index (χ3n) is 5.43. The minimum Gasteiger partial charge on any atom is -0.459 e. The van der Waals surface area contributed by atoms with Crippen LogP contribution < -0.4 is 0 Å². The summed E-state index contributed by atoms with van der Waals surface area (Å²) < 4.78 is 34.0. The molecule has 1 amide bonds. The molecule has 2 rings (SSSR count). The van der Waals surface area contributed by atoms with Crippen molar-refractivity contribution in [3.63, 3.8) is 0 Å². The number of aliphatic hydroxyl groups is 1. The van der Waals surface area contributed by atoms with Gasteiger partial charge in [0, 0.05) is 26.1 Å². The zero-order valence-corrected chi connectivity index (χ0v) is 19.7. The maximum Gasteiger partial charge on any atom is 0.288 e. The average Bonchev–Trinajstić information content (AvgIpc) is 2.80. The van der Waals surface area contributed by atoms with Crippen molar-refractivity contribution in [1.29, 1.82) is 0 Å². The monoisotopic (exact) mass is 459 g/mol. The molecule has 0 saturated carbocycles. The second-order valence-electron chi connectivity index (χ2n) is 8.27. The topological polar surface area (TPSA) is 95.9 Å². The van der Waals surface area contributed by atoms with Crippen LogP contribution >= 0.6 is 0 Å². The fourth-order valence-electron chi connectivity index (χ4n) is 3.41. The van der Waals surface area contributed by atoms with Crippen molar-refractivity contribution >= 4 is 5.91 Å². The summed E-state index contributed by atoms with van der Waals surface area (Å²) in [6.45, 7) is 9.58. The first kappa shape index (κ1) is 27.0. The fourth-order valence-corrected chi connectivity index (χ4v) is 3.41. The number of hydrogen-bond acceptors (Lipinski definition) is 8. The van der Waals surface area contributed by atoms with Crippen molar-refractivity contribution in [2.45, 2.75) is 39.4 Å². The Bertz CT molecular complexity index is 526. The van der Waals surface area contributed by atoms with Gasteiger partial charge < -0.3 is 38.4 Å². The first-order valence-electron chi connectivity index (χ1n) is 11.8. The number of rotatable bonds is 7. The molecule has 0 aliphatic carbocycles. The molecule has 9 heteroatoms. The third-order valence-corrected chi connectivity index (χ3v) is 5.43. The predicted molar refractivity (Wildman–Crippen MR) is 118 cm³/mol. The standard InChI is InChI=1S/C23H41NO8/c1-19(2)20-17-21(32-22(18-20)31-8-4-3-7-25)23(26)24-5-9-27-11-13-29-15-16-30-14-12-28-10-6-24/h17,19-20,22,25H,3-16,18H2,1-2H3. The lowest BCUT2D eigenvalue weighted by molar-refractivity contribution is -0.157. The van der Waals surface area contributed by atoms with E-state index in [1.807, 2.05) is 6.08 Å². The van der Waals surface area contributed by atoms with Crippen LogP contribution in [0, 0.1) is 11.8 Å². The number of hydrogen-bond donors (Lipinski definition) is 1. The third kappa shape index (κ3) is 10.6. The van der Waals surface area contributed by atoms with Gasteiger partial charge >= 0.3 is 0 Å². The number of unbranched alkanes of at least 4 members (excludes halogenated alkanes) is 1. The molecule has 1 N–H and O–H groups in total. The van der Waals surface area contributed by atoms with Crippen molar-refractivity contribution < 1.29 is 38.3 Å². The number of amides is 1. The highest BCUT2D eigenvalue weighted by atomic mass is 16.7. The highest BCUT2D eigenvalue weighted by molar-refractivity contribution is 5.91. The molecule has 0 aromatic heterocycles. The van der Waals surface area contributed by atoms with Gasteiger partial charge in [-0.1, -0.05) is 13.8 Å². The number of allylic oxidation sites excluding steroid dienone is 1. The minimum atomic E-state index is -0.463. The second kappa shape index (κ2) is 16.4. The molecule has 1 fully saturated rings. The van der Waals surface area contributed by atoms with Crippen LogP contribution in [0.15, 0.2) is 11.8 Å². The molecular formula is C23H41NO8. The number of aliphatic hydroxyl groups excluding tert-OH is 1. The molecule has 2 heterocycles. The van der Waals surface area contributed by atoms with Crippen LogP contribution in [0.1, 0.15) is 33.1 Å². The van der Waals surface area contributed by atoms with Crippen LogP contribution in [0.3, 0.4) is 0 Å². The second-order valence-corrected chi connectivity index (χ2v) is 8.27. The van der Waals surface area contributed by atoms with Crippen LogP contribution in [0.5, 0.6) is 0 Å². The fraction of sp³-hybridized carbons (Fsp3) is 0.870. The van der Waals surface area contributed by atoms with Crippen LogP contribution in [-0.2, 0) is 33.2 Å². The molecule has 1 saturated heterocycles. The van der Waals surface area contributed by atoms with Gasteiger partial charge in [-0.25, -0.2) is 0 Å². The Labute approximate surface area is 191 Å². The lowest BCUT2D eigenvalue weighted by Crippen LogP contribution is -2.41. The molecule has 2 unspecified atom stereocenters. The smallest absolute Gasteiger partial charge is 0.288 e. The zero-order chi connectivity index (χ0) is 23.0. The molecular weight excluding hydrogens is 418 g/mol. The average molecular weight is 460 g/mol. The molecule has 2 aliphatic heterocycles. The SMILES string of the molecule is CC(C)C1C=C(C(=O)N2CCOCCOCCOCCOCC2)OC(OCCCCO)C1. The number of nitrogens with zero attached hydrogens (tertiary/aromatic N) is 1. The van der Waals surface area contributed by atoms with Crippen LogP contribution in [0.4, 0.5) is 0 Å². The van der Waals surface area contributed by atoms with Gasteiger partial charge in [0.1, 0.15) is 0 Å². The molecule has 0 radical (unpaired) electrons. The Morgan fingerprint density at radius 2 is 1.56 bits per heavy atom. The molecule has 0 bridgehead atoms. The van der Waals surface area contributed by atoms with Gasteiger partial charge in [-0.15, -0.1) is 0 Å². The highest BCUT2D eigenvalue weighted by Gasteiger charge is 2.31. The van der Waals surface area contributed by atoms with E-state index in [0.717, 1.165) is 6.42 Å². The Kier molecular flexibility index (Phi) is 13.8. The number of carbonyl (C=O) groups excluding carboxylic acids is 1. The van der Waals surface area contributed by atoms with Crippen molar-refractivity contribution in [3.8, 4) is 0 Å². The van der Waals surface area contributed by atoms with E-state index in [1.54, 1.807) is 4.90 Å². The van der Waals surface area contributed by atoms with Gasteiger partial charge in [-0.3, -0.25) is 4.79 Å². The lowest BCUT2D eigenvalue weighted by Gasteiger charge is -2.33. The van der Waals surface area contributed by atoms with Gasteiger partial charge in [0.15, 0.2) is 5.76 Å². The van der Waals surface area contributed by atoms with E-state index in [1.165, 1.54) is 0 Å². The Morgan fingerprint density at radius 1 is 1.00 bits per heavy atom. The Morgan fingerprint density at radius 3 is 2.09 bits per heavy atom. The lowest BCUT2D eigenvalue weighted by atomic mass is 9.90. The molecule has 0 spiro atoms. The summed E-state index contributed by atoms with van der Waals surface area (Å²) in [6, 6.07) is 0. The van der Waals surface area contributed by atoms with E-state index in [0.29, 0.717) is 97.1 Å². The van der Waals surface area contributed by atoms with E-state index in [2.05, 4.69) is 13.8 Å². The quantitative estimate of drug-likeness (QED) is 0.574. The highest BCUT2D eigenvalue weighted by Crippen LogP contribution is 2.29. The van der Waals surface area contributed by atoms with Gasteiger partial charge in [-0.2, -0.15) is 0 Å². The van der Waals surface area contributed by atoms with Crippen LogP contribution in [-0.4, -0.2) is 101 Å². The molecule has 0 aromatic carbocycles. The maximum absolute atomic E-state index is 13.3. The van der Waals surface area contributed by atoms with E-state index in [4.69, 9.17) is 33.5 Å². The summed E-state index contributed by atoms with van der Waals surface area (Å²) in [7, 11) is 0. The summed E-state index contributed by atoms with van der Waals surface area (Å²) in [5, 5.41) is 8.95. The van der Waals surface area contributed by atoms with Crippen molar-refractivity contribution in [1.82, 2.24) is 4.90 Å². The molecule has 9 nitrogen and oxygen atoms in total. The molecule has 2 aliphatic rings. The van der Waals surface area contributed by atoms with Crippen LogP contribution in [0.2, 0.25) is 0 Å². The normalized spacial score (nSPS) is 24.9. The van der Waals surface area contributed by atoms with Crippen molar-refractivity contribution in [2.75, 3.05) is 79.2 Å². The summed E-state index contributed by atoms with van der Waals surface area (Å²) >= 11 is 0. The zero-order valence-electron chi connectivity index (χ0n) is 19.7. The number of ether oxygens (including phenoxy) is 6. The van der Waals surface area contributed by atoms with E-state index >= 15 is 0 Å². The molecule has 0 aromatic rings. The van der Waals surface area contributed by atoms with E-state index in [9.17, 15) is 4.79 Å². The van der Waals surface area contributed by atoms with E-state index < -0.39 is 6.29 Å². The Balaban J connectivity index is 1.97. The van der Waals surface area contributed by atoms with E-state index in [-0.39, 0.29) is 18.4 Å². The van der Waals surface area contributed by atoms with Crippen molar-refractivity contribution in [3.05, 3.63) is 11.8 Å². The molecule has 186 valence electrons. The van der Waals surface area contributed by atoms with Gasteiger partial charge in [0.2, 0.25) is 6.29 Å². The van der Waals surface area contributed by atoms with Gasteiger partial charge in [0.25, 0.3) is 5.91 Å². The van der Waals surface area contributed by atoms with Gasteiger partial charge in [-0.05, 0) is 30.8 Å². The largest absolute Gasteiger partial charge is 0.459 e. The molecule has 2 atom stereocenters. The minimum absolute atomic E-state index is 0.143. The van der Waals surface area contributed by atoms with Gasteiger partial charge in [0.05, 0.1) is 59.5 Å². The summed E-state index contributed by atoms with van der Waals surface area (Å²) in [5.74, 6) is 0.700.